The summed E-state index contributed by atoms with van der Waals surface area (Å²) in [6.45, 7) is 0. The molecule has 0 aromatic carbocycles. The Morgan fingerprint density at radius 3 is 0.818 bits per heavy atom. The molecule has 0 fully saturated rings. The average molecular weight is 240 g/mol. The fourth-order valence-corrected chi connectivity index (χ4v) is 0. The zero-order valence-corrected chi connectivity index (χ0v) is 4.94. The maximum absolute atomic E-state index is 8.74. The van der Waals surface area contributed by atoms with Crippen LogP contribution in [0.25, 0.3) is 0 Å². The molecule has 0 spiro atoms. The molecule has 11 heavy (non-hydrogen) atoms. The zero-order valence-electron chi connectivity index (χ0n) is 4.12. The molecule has 0 amide bonds. The van der Waals surface area contributed by atoms with Gasteiger partial charge in [0.25, 0.3) is 0 Å². The fourth-order valence-electron chi connectivity index (χ4n) is 0. The molecule has 0 aromatic rings. The van der Waals surface area contributed by atoms with Crippen molar-refractivity contribution in [3.8, 4) is 0 Å². The Labute approximate surface area is 117 Å². The van der Waals surface area contributed by atoms with Gasteiger partial charge < -0.3 is 21.9 Å². The van der Waals surface area contributed by atoms with Crippen LogP contribution >= 0.6 is 0 Å². The van der Waals surface area contributed by atoms with Gasteiger partial charge in [0.05, 0.1) is 0 Å². The third-order valence-electron chi connectivity index (χ3n) is 0. The Bertz CT molecular complexity index is 97.3. The van der Waals surface area contributed by atoms with Crippen LogP contribution in [0.1, 0.15) is 0 Å². The first-order valence-electron chi connectivity index (χ1n) is 0.698. The van der Waals surface area contributed by atoms with Crippen molar-refractivity contribution in [3.63, 3.8) is 0 Å². The molecule has 0 saturated carbocycles. The average Bonchev–Trinajstić information content (AvgIpc) is 0.722. The minimum absolute atomic E-state index is 0. The Hall–Kier alpha value is 1.88. The first kappa shape index (κ1) is 52.6. The molecule has 10 N–H and O–H groups in total. The Kier molecular flexibility index (Phi) is 108. The van der Waals surface area contributed by atoms with Crippen molar-refractivity contribution in [1.82, 2.24) is 0 Å². The van der Waals surface area contributed by atoms with Crippen LogP contribution in [0.15, 0.2) is 0 Å². The summed E-state index contributed by atoms with van der Waals surface area (Å²) < 4.78 is 31.6. The van der Waals surface area contributed by atoms with Gasteiger partial charge in [-0.2, -0.15) is 8.42 Å². The second-order valence-electron chi connectivity index (χ2n) is 0.448. The molecule has 0 atom stereocenters. The Balaban J connectivity index is -0.00000000533. The molecule has 8 nitrogen and oxygen atoms in total. The quantitative estimate of drug-likeness (QED) is 0.313. The van der Waals surface area contributed by atoms with Gasteiger partial charge in [-0.1, -0.05) is 0 Å². The SMILES string of the molecule is O.O.O.O.O=S(=O)(O)O.[AlH3].[KH]. The van der Waals surface area contributed by atoms with Crippen molar-refractivity contribution in [1.29, 1.82) is 0 Å². The second kappa shape index (κ2) is 22.6. The topological polar surface area (TPSA) is 201 Å². The molecule has 72 valence electrons. The molecule has 0 aliphatic rings. The summed E-state index contributed by atoms with van der Waals surface area (Å²) in [6.07, 6.45) is 0. The third-order valence-corrected chi connectivity index (χ3v) is 0. The van der Waals surface area contributed by atoms with Crippen molar-refractivity contribution >= 4 is 79.1 Å². The van der Waals surface area contributed by atoms with Crippen molar-refractivity contribution in [3.05, 3.63) is 0 Å². The molecule has 11 heteroatoms. The summed E-state index contributed by atoms with van der Waals surface area (Å²) in [4.78, 5) is 0. The monoisotopic (exact) mass is 240 g/mol. The standard InChI is InChI=1S/Al.K.H2O4S.4H2O.4H/c;;1-5(2,3)4;;;;;;;;/h;;(H2,1,2,3,4);4*1H2;;;;. The van der Waals surface area contributed by atoms with E-state index in [2.05, 4.69) is 0 Å². The van der Waals surface area contributed by atoms with E-state index < -0.39 is 10.4 Å². The Morgan fingerprint density at radius 1 is 0.818 bits per heavy atom. The van der Waals surface area contributed by atoms with Gasteiger partial charge in [-0.05, 0) is 0 Å². The number of rotatable bonds is 0. The maximum atomic E-state index is 8.74. The van der Waals surface area contributed by atoms with Gasteiger partial charge in [-0.15, -0.1) is 0 Å². The summed E-state index contributed by atoms with van der Waals surface area (Å²) in [7, 11) is -4.67. The molecule has 0 saturated heterocycles. The van der Waals surface area contributed by atoms with E-state index in [0.29, 0.717) is 0 Å². The van der Waals surface area contributed by atoms with Gasteiger partial charge in [-0.25, -0.2) is 0 Å². The summed E-state index contributed by atoms with van der Waals surface area (Å²) in [5.41, 5.74) is 0. The predicted molar refractivity (Wildman–Crippen MR) is 45.7 cm³/mol. The van der Waals surface area contributed by atoms with Crippen molar-refractivity contribution in [2.45, 2.75) is 0 Å². The molecule has 0 aromatic heterocycles. The van der Waals surface area contributed by atoms with E-state index in [1.807, 2.05) is 0 Å². The predicted octanol–water partition coefficient (Wildman–Crippen LogP) is -5.78. The first-order valence-corrected chi connectivity index (χ1v) is 2.10. The van der Waals surface area contributed by atoms with Crippen LogP contribution in [0, 0.1) is 0 Å². The van der Waals surface area contributed by atoms with Gasteiger partial charge in [0.2, 0.25) is 0 Å². The fraction of sp³-hybridized carbons (Fsp3) is 0. The van der Waals surface area contributed by atoms with E-state index in [4.69, 9.17) is 17.5 Å². The van der Waals surface area contributed by atoms with Gasteiger partial charge in [0.1, 0.15) is 0 Å². The van der Waals surface area contributed by atoms with E-state index in [9.17, 15) is 0 Å². The minimum atomic E-state index is -4.67. The molecule has 0 radical (unpaired) electrons. The van der Waals surface area contributed by atoms with Crippen molar-refractivity contribution in [2.24, 2.45) is 0 Å². The van der Waals surface area contributed by atoms with Crippen LogP contribution in [0.5, 0.6) is 0 Å². The molecule has 0 bridgehead atoms. The Morgan fingerprint density at radius 2 is 0.818 bits per heavy atom. The molecule has 0 aliphatic heterocycles. The van der Waals surface area contributed by atoms with Crippen LogP contribution in [0.2, 0.25) is 0 Å². The molecule has 0 rings (SSSR count). The van der Waals surface area contributed by atoms with E-state index in [0.717, 1.165) is 0 Å². The van der Waals surface area contributed by atoms with E-state index >= 15 is 0 Å². The van der Waals surface area contributed by atoms with E-state index in [1.54, 1.807) is 0 Å². The van der Waals surface area contributed by atoms with Crippen LogP contribution in [0.3, 0.4) is 0 Å². The number of hydrogen-bond acceptors (Lipinski definition) is 2. The summed E-state index contributed by atoms with van der Waals surface area (Å²) in [6, 6.07) is 0. The molecule has 0 heterocycles. The molecule has 0 aliphatic carbocycles. The van der Waals surface area contributed by atoms with Gasteiger partial charge in [0, 0.05) is 0 Å². The first-order chi connectivity index (χ1) is 2.00. The van der Waals surface area contributed by atoms with Gasteiger partial charge >= 0.3 is 61.8 Å². The van der Waals surface area contributed by atoms with Crippen LogP contribution in [-0.4, -0.2) is 108 Å². The summed E-state index contributed by atoms with van der Waals surface area (Å²) in [5.74, 6) is 0. The summed E-state index contributed by atoms with van der Waals surface area (Å²) >= 11 is 0. The molecule has 0 unspecified atom stereocenters. The molecular weight excluding hydrogens is 226 g/mol. The normalized spacial score (nSPS) is 5.27. The van der Waals surface area contributed by atoms with Crippen molar-refractivity contribution in [2.75, 3.05) is 0 Å². The zero-order chi connectivity index (χ0) is 4.50. The van der Waals surface area contributed by atoms with Crippen molar-refractivity contribution < 1.29 is 39.4 Å². The second-order valence-corrected chi connectivity index (χ2v) is 1.34. The van der Waals surface area contributed by atoms with Gasteiger partial charge in [0.15, 0.2) is 17.4 Å². The third kappa shape index (κ3) is 328. The summed E-state index contributed by atoms with van der Waals surface area (Å²) in [5, 5.41) is 0. The number of hydrogen-bond donors (Lipinski definition) is 2. The van der Waals surface area contributed by atoms with Crippen LogP contribution in [-0.2, 0) is 10.4 Å². The molecular formula is H14AlKO8S. The van der Waals surface area contributed by atoms with Crippen LogP contribution < -0.4 is 0 Å². The van der Waals surface area contributed by atoms with Crippen LogP contribution in [0.4, 0.5) is 0 Å². The van der Waals surface area contributed by atoms with E-state index in [1.165, 1.54) is 0 Å². The van der Waals surface area contributed by atoms with Gasteiger partial charge in [-0.3, -0.25) is 9.11 Å². The van der Waals surface area contributed by atoms with E-state index in [-0.39, 0.29) is 90.7 Å².